The lowest BCUT2D eigenvalue weighted by Crippen LogP contribution is -2.12. The second kappa shape index (κ2) is 9.46. The highest BCUT2D eigenvalue weighted by Gasteiger charge is 2.14. The summed E-state index contributed by atoms with van der Waals surface area (Å²) in [6.45, 7) is 4.24. The van der Waals surface area contributed by atoms with Gasteiger partial charge in [-0.25, -0.2) is 8.42 Å². The minimum Gasteiger partial charge on any atom is -0.497 e. The third kappa shape index (κ3) is 5.39. The molecule has 0 aliphatic carbocycles. The minimum absolute atomic E-state index is 0.238. The fourth-order valence-corrected chi connectivity index (χ4v) is 3.96. The van der Waals surface area contributed by atoms with Gasteiger partial charge in [-0.2, -0.15) is 0 Å². The Bertz CT molecular complexity index is 1210. The average Bonchev–Trinajstić information content (AvgIpc) is 2.76. The molecule has 5 heteroatoms. The van der Waals surface area contributed by atoms with Gasteiger partial charge in [0.05, 0.1) is 12.0 Å². The van der Waals surface area contributed by atoms with Crippen molar-refractivity contribution >= 4 is 26.5 Å². The SMILES string of the molecule is COc1ccc(NS(=O)(=O)c2ccc3ccccc3c2)cc1.Cc1ccccc1C. The van der Waals surface area contributed by atoms with Crippen LogP contribution in [0.2, 0.25) is 0 Å². The van der Waals surface area contributed by atoms with E-state index in [1.54, 1.807) is 49.6 Å². The van der Waals surface area contributed by atoms with E-state index in [0.29, 0.717) is 11.4 Å². The first kappa shape index (κ1) is 21.4. The first-order valence-corrected chi connectivity index (χ1v) is 11.1. The lowest BCUT2D eigenvalue weighted by Gasteiger charge is -2.09. The number of aryl methyl sites for hydroxylation is 2. The molecule has 0 amide bonds. The van der Waals surface area contributed by atoms with Gasteiger partial charge < -0.3 is 4.74 Å². The molecule has 0 saturated carbocycles. The van der Waals surface area contributed by atoms with E-state index in [9.17, 15) is 8.42 Å². The van der Waals surface area contributed by atoms with E-state index in [0.717, 1.165) is 10.8 Å². The molecule has 154 valence electrons. The van der Waals surface area contributed by atoms with Crippen LogP contribution in [0.1, 0.15) is 11.1 Å². The van der Waals surface area contributed by atoms with Gasteiger partial charge in [0.15, 0.2) is 0 Å². The fourth-order valence-electron chi connectivity index (χ4n) is 2.87. The molecule has 4 nitrogen and oxygen atoms in total. The highest BCUT2D eigenvalue weighted by Crippen LogP contribution is 2.22. The number of fused-ring (bicyclic) bond motifs is 1. The molecule has 0 fully saturated rings. The van der Waals surface area contributed by atoms with Crippen LogP contribution in [-0.2, 0) is 10.0 Å². The maximum absolute atomic E-state index is 12.5. The van der Waals surface area contributed by atoms with E-state index in [1.165, 1.54) is 11.1 Å². The molecule has 4 aromatic carbocycles. The van der Waals surface area contributed by atoms with E-state index in [4.69, 9.17) is 4.74 Å². The Morgan fingerprint density at radius 3 is 1.83 bits per heavy atom. The van der Waals surface area contributed by atoms with Gasteiger partial charge >= 0.3 is 0 Å². The molecule has 0 aliphatic rings. The number of hydrogen-bond acceptors (Lipinski definition) is 3. The number of nitrogens with one attached hydrogen (secondary N) is 1. The fraction of sp³-hybridized carbons (Fsp3) is 0.120. The second-order valence-electron chi connectivity index (χ2n) is 6.93. The van der Waals surface area contributed by atoms with E-state index < -0.39 is 10.0 Å². The van der Waals surface area contributed by atoms with Gasteiger partial charge in [-0.05, 0) is 72.1 Å². The van der Waals surface area contributed by atoms with E-state index >= 15 is 0 Å². The number of methoxy groups -OCH3 is 1. The largest absolute Gasteiger partial charge is 0.497 e. The molecule has 0 bridgehead atoms. The molecule has 0 aromatic heterocycles. The molecule has 0 saturated heterocycles. The Morgan fingerprint density at radius 2 is 1.27 bits per heavy atom. The van der Waals surface area contributed by atoms with Gasteiger partial charge in [0.25, 0.3) is 10.0 Å². The number of anilines is 1. The standard InChI is InChI=1S/C17H15NO3S.C8H10/c1-21-16-9-7-15(8-10-16)18-22(19,20)17-11-6-13-4-2-3-5-14(13)12-17;1-7-5-3-4-6-8(7)2/h2-12,18H,1H3;3-6H,1-2H3. The Labute approximate surface area is 178 Å². The van der Waals surface area contributed by atoms with Crippen molar-refractivity contribution in [3.05, 3.63) is 102 Å². The molecule has 1 N–H and O–H groups in total. The molecule has 4 aromatic rings. The summed E-state index contributed by atoms with van der Waals surface area (Å²) in [4.78, 5) is 0.238. The highest BCUT2D eigenvalue weighted by atomic mass is 32.2. The summed E-state index contributed by atoms with van der Waals surface area (Å²) in [5.74, 6) is 0.675. The number of rotatable bonds is 4. The molecule has 0 atom stereocenters. The zero-order chi connectivity index (χ0) is 21.6. The van der Waals surface area contributed by atoms with Crippen molar-refractivity contribution < 1.29 is 13.2 Å². The van der Waals surface area contributed by atoms with Crippen molar-refractivity contribution in [1.82, 2.24) is 0 Å². The Balaban J connectivity index is 0.000000269. The van der Waals surface area contributed by atoms with Crippen molar-refractivity contribution in [3.63, 3.8) is 0 Å². The second-order valence-corrected chi connectivity index (χ2v) is 8.61. The van der Waals surface area contributed by atoms with Crippen molar-refractivity contribution in [2.45, 2.75) is 18.7 Å². The minimum atomic E-state index is -3.62. The van der Waals surface area contributed by atoms with Crippen molar-refractivity contribution in [3.8, 4) is 5.75 Å². The normalized spacial score (nSPS) is 10.8. The van der Waals surface area contributed by atoms with Crippen LogP contribution in [0, 0.1) is 13.8 Å². The maximum atomic E-state index is 12.5. The summed E-state index contributed by atoms with van der Waals surface area (Å²) >= 11 is 0. The number of ether oxygens (including phenoxy) is 1. The lowest BCUT2D eigenvalue weighted by atomic mass is 10.1. The van der Waals surface area contributed by atoms with Crippen LogP contribution >= 0.6 is 0 Å². The third-order valence-electron chi connectivity index (χ3n) is 4.80. The van der Waals surface area contributed by atoms with Crippen LogP contribution in [-0.4, -0.2) is 15.5 Å². The summed E-state index contributed by atoms with van der Waals surface area (Å²) in [6.07, 6.45) is 0. The monoisotopic (exact) mass is 419 g/mol. The molecule has 0 heterocycles. The van der Waals surface area contributed by atoms with Crippen LogP contribution in [0.15, 0.2) is 95.9 Å². The van der Waals surface area contributed by atoms with Crippen molar-refractivity contribution in [2.24, 2.45) is 0 Å². The topological polar surface area (TPSA) is 55.4 Å². The summed E-state index contributed by atoms with van der Waals surface area (Å²) in [5.41, 5.74) is 3.23. The highest BCUT2D eigenvalue weighted by molar-refractivity contribution is 7.92. The molecule has 0 radical (unpaired) electrons. The zero-order valence-corrected chi connectivity index (χ0v) is 18.1. The molecular formula is C25H25NO3S. The van der Waals surface area contributed by atoms with Gasteiger partial charge in [-0.1, -0.05) is 54.6 Å². The smallest absolute Gasteiger partial charge is 0.261 e. The molecular weight excluding hydrogens is 394 g/mol. The van der Waals surface area contributed by atoms with Gasteiger partial charge in [0, 0.05) is 5.69 Å². The van der Waals surface area contributed by atoms with E-state index in [1.807, 2.05) is 24.3 Å². The first-order valence-electron chi connectivity index (χ1n) is 9.57. The van der Waals surface area contributed by atoms with E-state index in [-0.39, 0.29) is 4.90 Å². The molecule has 0 unspecified atom stereocenters. The van der Waals surface area contributed by atoms with Gasteiger partial charge in [-0.15, -0.1) is 0 Å². The lowest BCUT2D eigenvalue weighted by molar-refractivity contribution is 0.415. The number of benzene rings is 4. The maximum Gasteiger partial charge on any atom is 0.261 e. The van der Waals surface area contributed by atoms with Crippen LogP contribution in [0.3, 0.4) is 0 Å². The molecule has 4 rings (SSSR count). The summed E-state index contributed by atoms with van der Waals surface area (Å²) in [5, 5.41) is 1.89. The Morgan fingerprint density at radius 1 is 0.700 bits per heavy atom. The Hall–Kier alpha value is -3.31. The molecule has 0 spiro atoms. The quantitative estimate of drug-likeness (QED) is 0.444. The van der Waals surface area contributed by atoms with Crippen molar-refractivity contribution in [2.75, 3.05) is 11.8 Å². The van der Waals surface area contributed by atoms with Crippen LogP contribution in [0.25, 0.3) is 10.8 Å². The number of hydrogen-bond donors (Lipinski definition) is 1. The van der Waals surface area contributed by atoms with Crippen LogP contribution in [0.4, 0.5) is 5.69 Å². The predicted molar refractivity (Wildman–Crippen MR) is 124 cm³/mol. The van der Waals surface area contributed by atoms with E-state index in [2.05, 4.69) is 42.8 Å². The number of sulfonamides is 1. The van der Waals surface area contributed by atoms with Crippen molar-refractivity contribution in [1.29, 1.82) is 0 Å². The third-order valence-corrected chi connectivity index (χ3v) is 6.18. The predicted octanol–water partition coefficient (Wildman–Crippen LogP) is 5.95. The summed E-state index contributed by atoms with van der Waals surface area (Å²) < 4.78 is 32.5. The van der Waals surface area contributed by atoms with Crippen LogP contribution < -0.4 is 9.46 Å². The zero-order valence-electron chi connectivity index (χ0n) is 17.3. The Kier molecular flexibility index (Phi) is 6.75. The van der Waals surface area contributed by atoms with Gasteiger partial charge in [0.2, 0.25) is 0 Å². The molecule has 30 heavy (non-hydrogen) atoms. The average molecular weight is 420 g/mol. The van der Waals surface area contributed by atoms with Crippen LogP contribution in [0.5, 0.6) is 5.75 Å². The summed E-state index contributed by atoms with van der Waals surface area (Å²) in [6, 6.07) is 27.8. The first-order chi connectivity index (χ1) is 14.4. The van der Waals surface area contributed by atoms with Gasteiger partial charge in [-0.3, -0.25) is 4.72 Å². The molecule has 0 aliphatic heterocycles. The van der Waals surface area contributed by atoms with Gasteiger partial charge in [0.1, 0.15) is 5.75 Å². The summed E-state index contributed by atoms with van der Waals surface area (Å²) in [7, 11) is -2.05.